The molecule has 0 amide bonds. The van der Waals surface area contributed by atoms with E-state index in [1.165, 1.54) is 37.9 Å². The second-order valence-electron chi connectivity index (χ2n) is 8.29. The minimum atomic E-state index is 0.525. The van der Waals surface area contributed by atoms with Crippen LogP contribution < -0.4 is 5.32 Å². The van der Waals surface area contributed by atoms with Gasteiger partial charge >= 0.3 is 0 Å². The Hall–Kier alpha value is -2.60. The Morgan fingerprint density at radius 3 is 2.56 bits per heavy atom. The molecule has 0 spiro atoms. The van der Waals surface area contributed by atoms with Crippen LogP contribution in [0.3, 0.4) is 0 Å². The first-order chi connectivity index (χ1) is 15.7. The van der Waals surface area contributed by atoms with E-state index in [0.717, 1.165) is 40.2 Å². The van der Waals surface area contributed by atoms with Crippen LogP contribution in [0.15, 0.2) is 54.9 Å². The van der Waals surface area contributed by atoms with E-state index in [0.29, 0.717) is 16.6 Å². The van der Waals surface area contributed by atoms with Gasteiger partial charge in [-0.25, -0.2) is 9.97 Å². The molecule has 164 valence electrons. The van der Waals surface area contributed by atoms with Crippen molar-refractivity contribution in [2.75, 3.05) is 18.4 Å². The molecule has 0 aliphatic carbocycles. The first-order valence-electron chi connectivity index (χ1n) is 11.0. The molecular formula is C25H25Cl2N5. The lowest BCUT2D eigenvalue weighted by molar-refractivity contribution is 0.221. The first kappa shape index (κ1) is 21.3. The van der Waals surface area contributed by atoms with Gasteiger partial charge in [-0.1, -0.05) is 53.9 Å². The highest BCUT2D eigenvalue weighted by Gasteiger charge is 2.12. The molecule has 1 saturated heterocycles. The van der Waals surface area contributed by atoms with Gasteiger partial charge in [-0.2, -0.15) is 0 Å². The Morgan fingerprint density at radius 2 is 1.75 bits per heavy atom. The van der Waals surface area contributed by atoms with Crippen molar-refractivity contribution >= 4 is 40.1 Å². The number of rotatable bonds is 6. The largest absolute Gasteiger partial charge is 0.365 e. The lowest BCUT2D eigenvalue weighted by Gasteiger charge is -2.26. The van der Waals surface area contributed by atoms with E-state index in [4.69, 9.17) is 23.2 Å². The summed E-state index contributed by atoms with van der Waals surface area (Å²) in [6.45, 7) is 3.97. The molecule has 3 heterocycles. The van der Waals surface area contributed by atoms with Crippen molar-refractivity contribution in [3.05, 3.63) is 76.0 Å². The highest BCUT2D eigenvalue weighted by molar-refractivity contribution is 6.33. The molecule has 5 rings (SSSR count). The summed E-state index contributed by atoms with van der Waals surface area (Å²) in [5.41, 5.74) is 5.23. The molecule has 0 radical (unpaired) electrons. The van der Waals surface area contributed by atoms with Gasteiger partial charge in [0.1, 0.15) is 17.8 Å². The molecule has 5 nitrogen and oxygen atoms in total. The molecule has 32 heavy (non-hydrogen) atoms. The molecule has 4 aromatic rings. The third-order valence-corrected chi connectivity index (χ3v) is 6.60. The van der Waals surface area contributed by atoms with Gasteiger partial charge in [0.2, 0.25) is 0 Å². The maximum atomic E-state index is 6.30. The number of hydrogen-bond donors (Lipinski definition) is 2. The third kappa shape index (κ3) is 4.75. The van der Waals surface area contributed by atoms with Gasteiger partial charge in [0, 0.05) is 28.8 Å². The number of likely N-dealkylation sites (tertiary alicyclic amines) is 1. The number of aromatic amines is 1. The van der Waals surface area contributed by atoms with Crippen molar-refractivity contribution in [3.63, 3.8) is 0 Å². The maximum absolute atomic E-state index is 6.30. The summed E-state index contributed by atoms with van der Waals surface area (Å²) in [5, 5.41) is 5.65. The number of piperidine rings is 1. The van der Waals surface area contributed by atoms with Crippen molar-refractivity contribution in [1.29, 1.82) is 0 Å². The fraction of sp³-hybridized carbons (Fsp3) is 0.280. The highest BCUT2D eigenvalue weighted by Crippen LogP contribution is 2.28. The van der Waals surface area contributed by atoms with Gasteiger partial charge in [0.15, 0.2) is 0 Å². The number of benzene rings is 2. The Bertz CT molecular complexity index is 1210. The third-order valence-electron chi connectivity index (χ3n) is 6.00. The zero-order chi connectivity index (χ0) is 21.9. The number of aromatic nitrogens is 3. The SMILES string of the molecule is Clc1ccc(Cl)c(CNc2ncnc3[nH]c(-c4ccc(CN5CCCCC5)cc4)cc23)c1. The quantitative estimate of drug-likeness (QED) is 0.339. The van der Waals surface area contributed by atoms with Gasteiger partial charge in [-0.3, -0.25) is 4.90 Å². The van der Waals surface area contributed by atoms with Crippen molar-refractivity contribution in [3.8, 4) is 11.3 Å². The minimum Gasteiger partial charge on any atom is -0.365 e. The fourth-order valence-electron chi connectivity index (χ4n) is 4.26. The molecule has 0 atom stereocenters. The summed E-state index contributed by atoms with van der Waals surface area (Å²) in [4.78, 5) is 14.8. The monoisotopic (exact) mass is 465 g/mol. The molecule has 2 aromatic carbocycles. The molecule has 1 fully saturated rings. The number of fused-ring (bicyclic) bond motifs is 1. The topological polar surface area (TPSA) is 56.8 Å². The van der Waals surface area contributed by atoms with Crippen molar-refractivity contribution in [2.45, 2.75) is 32.4 Å². The molecule has 2 aromatic heterocycles. The normalized spacial score (nSPS) is 14.7. The molecule has 1 aliphatic rings. The predicted molar refractivity (Wildman–Crippen MR) is 132 cm³/mol. The zero-order valence-electron chi connectivity index (χ0n) is 17.7. The van der Waals surface area contributed by atoms with E-state index in [1.54, 1.807) is 18.5 Å². The van der Waals surface area contributed by atoms with E-state index in [9.17, 15) is 0 Å². The standard InChI is InChI=1S/C25H25Cl2N5/c26-20-8-9-22(27)19(12-20)14-28-24-21-13-23(31-25(21)30-16-29-24)18-6-4-17(5-7-18)15-32-10-2-1-3-11-32/h4-9,12-13,16H,1-3,10-11,14-15H2,(H2,28,29,30,31). The van der Waals surface area contributed by atoms with Crippen molar-refractivity contribution in [1.82, 2.24) is 19.9 Å². The van der Waals surface area contributed by atoms with Gasteiger partial charge in [-0.15, -0.1) is 0 Å². The second kappa shape index (κ2) is 9.49. The van der Waals surface area contributed by atoms with Crippen molar-refractivity contribution < 1.29 is 0 Å². The van der Waals surface area contributed by atoms with Crippen LogP contribution in [-0.4, -0.2) is 32.9 Å². The van der Waals surface area contributed by atoms with E-state index in [-0.39, 0.29) is 0 Å². The van der Waals surface area contributed by atoms with Crippen LogP contribution in [0.1, 0.15) is 30.4 Å². The van der Waals surface area contributed by atoms with Crippen LogP contribution in [0.2, 0.25) is 10.0 Å². The Labute approximate surface area is 197 Å². The van der Waals surface area contributed by atoms with Crippen LogP contribution in [0.25, 0.3) is 22.3 Å². The van der Waals surface area contributed by atoms with Gasteiger partial charge < -0.3 is 10.3 Å². The Kier molecular flexibility index (Phi) is 6.30. The Morgan fingerprint density at radius 1 is 0.938 bits per heavy atom. The van der Waals surface area contributed by atoms with Crippen LogP contribution in [-0.2, 0) is 13.1 Å². The smallest absolute Gasteiger partial charge is 0.143 e. The van der Waals surface area contributed by atoms with E-state index >= 15 is 0 Å². The summed E-state index contributed by atoms with van der Waals surface area (Å²) >= 11 is 12.4. The molecule has 0 unspecified atom stereocenters. The molecule has 0 bridgehead atoms. The van der Waals surface area contributed by atoms with Gasteiger partial charge in [-0.05, 0) is 66.9 Å². The molecule has 2 N–H and O–H groups in total. The molecule has 7 heteroatoms. The number of anilines is 1. The second-order valence-corrected chi connectivity index (χ2v) is 9.13. The summed E-state index contributed by atoms with van der Waals surface area (Å²) in [6, 6.07) is 16.3. The van der Waals surface area contributed by atoms with Gasteiger partial charge in [0.25, 0.3) is 0 Å². The lowest BCUT2D eigenvalue weighted by atomic mass is 10.1. The first-order valence-corrected chi connectivity index (χ1v) is 11.7. The van der Waals surface area contributed by atoms with E-state index < -0.39 is 0 Å². The average Bonchev–Trinajstić information content (AvgIpc) is 3.26. The molecule has 1 aliphatic heterocycles. The maximum Gasteiger partial charge on any atom is 0.143 e. The van der Waals surface area contributed by atoms with E-state index in [2.05, 4.69) is 55.5 Å². The molecule has 0 saturated carbocycles. The summed E-state index contributed by atoms with van der Waals surface area (Å²) < 4.78 is 0. The lowest BCUT2D eigenvalue weighted by Crippen LogP contribution is -2.28. The van der Waals surface area contributed by atoms with Crippen LogP contribution in [0.5, 0.6) is 0 Å². The van der Waals surface area contributed by atoms with E-state index in [1.807, 2.05) is 6.07 Å². The number of H-pyrrole nitrogens is 1. The van der Waals surface area contributed by atoms with Crippen LogP contribution in [0, 0.1) is 0 Å². The highest BCUT2D eigenvalue weighted by atomic mass is 35.5. The van der Waals surface area contributed by atoms with Crippen LogP contribution in [0.4, 0.5) is 5.82 Å². The zero-order valence-corrected chi connectivity index (χ0v) is 19.3. The number of nitrogens with zero attached hydrogens (tertiary/aromatic N) is 3. The number of nitrogens with one attached hydrogen (secondary N) is 2. The summed E-state index contributed by atoms with van der Waals surface area (Å²) in [5.74, 6) is 0.760. The average molecular weight is 466 g/mol. The van der Waals surface area contributed by atoms with Crippen molar-refractivity contribution in [2.24, 2.45) is 0 Å². The summed E-state index contributed by atoms with van der Waals surface area (Å²) in [7, 11) is 0. The number of halogens is 2. The Balaban J connectivity index is 1.34. The summed E-state index contributed by atoms with van der Waals surface area (Å²) in [6.07, 6.45) is 5.55. The number of hydrogen-bond acceptors (Lipinski definition) is 4. The predicted octanol–water partition coefficient (Wildman–Crippen LogP) is 6.53. The molecular weight excluding hydrogens is 441 g/mol. The fourth-order valence-corrected chi connectivity index (χ4v) is 4.64. The van der Waals surface area contributed by atoms with Crippen LogP contribution >= 0.6 is 23.2 Å². The minimum absolute atomic E-state index is 0.525. The van der Waals surface area contributed by atoms with Gasteiger partial charge in [0.05, 0.1) is 5.39 Å².